The minimum Gasteiger partial charge on any atom is -0.473 e. The van der Waals surface area contributed by atoms with Crippen LogP contribution in [0.3, 0.4) is 0 Å². The number of nitrogens with one attached hydrogen (secondary N) is 1. The predicted octanol–water partition coefficient (Wildman–Crippen LogP) is 4.09. The highest BCUT2D eigenvalue weighted by molar-refractivity contribution is 7.18. The summed E-state index contributed by atoms with van der Waals surface area (Å²) in [5, 5.41) is 15.6. The molecule has 0 aliphatic carbocycles. The minimum absolute atomic E-state index is 0.108. The number of H-pyrrole nitrogens is 1. The zero-order valence-electron chi connectivity index (χ0n) is 16.1. The summed E-state index contributed by atoms with van der Waals surface area (Å²) in [6.45, 7) is 7.83. The van der Waals surface area contributed by atoms with Crippen LogP contribution in [0.4, 0.5) is 0 Å². The van der Waals surface area contributed by atoms with Crippen LogP contribution in [0.5, 0.6) is 5.88 Å². The zero-order valence-corrected chi connectivity index (χ0v) is 17.0. The molecular formula is C20H25N5OS. The molecule has 1 saturated heterocycles. The summed E-state index contributed by atoms with van der Waals surface area (Å²) in [6.07, 6.45) is 4.87. The van der Waals surface area contributed by atoms with E-state index in [0.29, 0.717) is 11.8 Å². The summed E-state index contributed by atoms with van der Waals surface area (Å²) in [5.41, 5.74) is 2.05. The van der Waals surface area contributed by atoms with Gasteiger partial charge in [-0.15, -0.1) is 21.5 Å². The van der Waals surface area contributed by atoms with Gasteiger partial charge in [-0.05, 0) is 45.5 Å². The third-order valence-corrected chi connectivity index (χ3v) is 7.12. The SMILES string of the molecule is CC1C(Oc2ccc(-c3ccc(-c4cn[nH]c4)s3)nn2)CCN(C)C1(C)C. The Morgan fingerprint density at radius 3 is 2.70 bits per heavy atom. The van der Waals surface area contributed by atoms with Crippen molar-refractivity contribution in [1.29, 1.82) is 0 Å². The van der Waals surface area contributed by atoms with Crippen LogP contribution < -0.4 is 4.74 Å². The van der Waals surface area contributed by atoms with Crippen LogP contribution in [0.1, 0.15) is 27.2 Å². The van der Waals surface area contributed by atoms with Gasteiger partial charge in [0.15, 0.2) is 0 Å². The average molecular weight is 384 g/mol. The molecule has 4 heterocycles. The molecule has 0 aromatic carbocycles. The van der Waals surface area contributed by atoms with E-state index >= 15 is 0 Å². The van der Waals surface area contributed by atoms with Crippen molar-refractivity contribution in [2.24, 2.45) is 5.92 Å². The maximum absolute atomic E-state index is 6.20. The number of aromatic amines is 1. The van der Waals surface area contributed by atoms with Crippen molar-refractivity contribution in [3.05, 3.63) is 36.7 Å². The first kappa shape index (κ1) is 18.1. The van der Waals surface area contributed by atoms with Gasteiger partial charge in [0.25, 0.3) is 0 Å². The highest BCUT2D eigenvalue weighted by Crippen LogP contribution is 2.35. The molecular weight excluding hydrogens is 358 g/mol. The summed E-state index contributed by atoms with van der Waals surface area (Å²) in [5.74, 6) is 1.01. The Hall–Kier alpha value is -2.25. The van der Waals surface area contributed by atoms with Gasteiger partial charge in [0, 0.05) is 40.7 Å². The van der Waals surface area contributed by atoms with E-state index < -0.39 is 0 Å². The predicted molar refractivity (Wildman–Crippen MR) is 108 cm³/mol. The molecule has 142 valence electrons. The van der Waals surface area contributed by atoms with Gasteiger partial charge in [0.05, 0.1) is 11.1 Å². The van der Waals surface area contributed by atoms with Crippen molar-refractivity contribution in [2.45, 2.75) is 38.8 Å². The molecule has 0 amide bonds. The van der Waals surface area contributed by atoms with E-state index in [9.17, 15) is 0 Å². The van der Waals surface area contributed by atoms with Gasteiger partial charge in [-0.3, -0.25) is 5.10 Å². The molecule has 1 aliphatic heterocycles. The fraction of sp³-hybridized carbons (Fsp3) is 0.450. The monoisotopic (exact) mass is 383 g/mol. The van der Waals surface area contributed by atoms with E-state index in [-0.39, 0.29) is 11.6 Å². The van der Waals surface area contributed by atoms with Crippen LogP contribution in [0.25, 0.3) is 21.0 Å². The molecule has 2 atom stereocenters. The Balaban J connectivity index is 1.47. The molecule has 2 unspecified atom stereocenters. The minimum atomic E-state index is 0.108. The third kappa shape index (κ3) is 3.49. The number of nitrogens with zero attached hydrogens (tertiary/aromatic N) is 4. The first-order valence-corrected chi connectivity index (χ1v) is 10.1. The Labute approximate surface area is 163 Å². The summed E-state index contributed by atoms with van der Waals surface area (Å²) >= 11 is 1.68. The van der Waals surface area contributed by atoms with E-state index in [1.807, 2.05) is 24.5 Å². The van der Waals surface area contributed by atoms with Crippen LogP contribution in [0.2, 0.25) is 0 Å². The molecule has 4 rings (SSSR count). The first-order chi connectivity index (χ1) is 12.9. The molecule has 0 spiro atoms. The zero-order chi connectivity index (χ0) is 19.0. The third-order valence-electron chi connectivity index (χ3n) is 5.96. The summed E-state index contributed by atoms with van der Waals surface area (Å²) in [7, 11) is 2.18. The number of aromatic nitrogens is 4. The van der Waals surface area contributed by atoms with Gasteiger partial charge in [-0.2, -0.15) is 5.10 Å². The van der Waals surface area contributed by atoms with Crippen LogP contribution in [0.15, 0.2) is 36.7 Å². The first-order valence-electron chi connectivity index (χ1n) is 9.26. The number of hydrogen-bond acceptors (Lipinski definition) is 6. The fourth-order valence-electron chi connectivity index (χ4n) is 3.51. The topological polar surface area (TPSA) is 66.9 Å². The second kappa shape index (κ2) is 7.05. The molecule has 1 aliphatic rings. The van der Waals surface area contributed by atoms with Crippen LogP contribution >= 0.6 is 11.3 Å². The average Bonchev–Trinajstić information content (AvgIpc) is 3.35. The van der Waals surface area contributed by atoms with Crippen molar-refractivity contribution in [3.63, 3.8) is 0 Å². The van der Waals surface area contributed by atoms with Crippen LogP contribution in [-0.4, -0.2) is 50.5 Å². The van der Waals surface area contributed by atoms with E-state index in [4.69, 9.17) is 4.74 Å². The number of ether oxygens (including phenoxy) is 1. The molecule has 3 aromatic rings. The van der Waals surface area contributed by atoms with E-state index in [1.54, 1.807) is 11.3 Å². The normalized spacial score (nSPS) is 22.7. The van der Waals surface area contributed by atoms with Gasteiger partial charge in [-0.1, -0.05) is 6.92 Å². The van der Waals surface area contributed by atoms with Crippen LogP contribution in [-0.2, 0) is 0 Å². The molecule has 0 radical (unpaired) electrons. The molecule has 27 heavy (non-hydrogen) atoms. The summed E-state index contributed by atoms with van der Waals surface area (Å²) < 4.78 is 6.20. The molecule has 0 bridgehead atoms. The lowest BCUT2D eigenvalue weighted by Gasteiger charge is -2.48. The van der Waals surface area contributed by atoms with Gasteiger partial charge in [0.2, 0.25) is 5.88 Å². The second-order valence-electron chi connectivity index (χ2n) is 7.72. The van der Waals surface area contributed by atoms with Crippen molar-refractivity contribution >= 4 is 11.3 Å². The van der Waals surface area contributed by atoms with Gasteiger partial charge in [-0.25, -0.2) is 0 Å². The number of thiophene rings is 1. The van der Waals surface area contributed by atoms with Crippen molar-refractivity contribution < 1.29 is 4.74 Å². The Morgan fingerprint density at radius 1 is 1.19 bits per heavy atom. The van der Waals surface area contributed by atoms with Gasteiger partial charge >= 0.3 is 0 Å². The Bertz CT molecular complexity index is 888. The van der Waals surface area contributed by atoms with Crippen molar-refractivity contribution in [1.82, 2.24) is 25.3 Å². The summed E-state index contributed by atoms with van der Waals surface area (Å²) in [4.78, 5) is 4.64. The van der Waals surface area contributed by atoms with Crippen LogP contribution in [0, 0.1) is 5.92 Å². The van der Waals surface area contributed by atoms with Gasteiger partial charge in [0.1, 0.15) is 11.8 Å². The lowest BCUT2D eigenvalue weighted by molar-refractivity contribution is -0.0301. The lowest BCUT2D eigenvalue weighted by atomic mass is 9.79. The highest BCUT2D eigenvalue weighted by Gasteiger charge is 2.40. The van der Waals surface area contributed by atoms with E-state index in [2.05, 4.69) is 65.2 Å². The highest BCUT2D eigenvalue weighted by atomic mass is 32.1. The fourth-order valence-corrected chi connectivity index (χ4v) is 4.46. The number of piperidine rings is 1. The number of rotatable bonds is 4. The molecule has 1 fully saturated rings. The van der Waals surface area contributed by atoms with E-state index in [0.717, 1.165) is 34.0 Å². The largest absolute Gasteiger partial charge is 0.473 e. The smallest absolute Gasteiger partial charge is 0.233 e. The lowest BCUT2D eigenvalue weighted by Crippen LogP contribution is -2.56. The van der Waals surface area contributed by atoms with E-state index in [1.165, 1.54) is 0 Å². The molecule has 6 nitrogen and oxygen atoms in total. The molecule has 0 saturated carbocycles. The maximum Gasteiger partial charge on any atom is 0.233 e. The molecule has 1 N–H and O–H groups in total. The van der Waals surface area contributed by atoms with Gasteiger partial charge < -0.3 is 9.64 Å². The Morgan fingerprint density at radius 2 is 2.00 bits per heavy atom. The quantitative estimate of drug-likeness (QED) is 0.735. The van der Waals surface area contributed by atoms with Crippen molar-refractivity contribution in [3.8, 4) is 26.9 Å². The Kier molecular flexibility index (Phi) is 4.74. The summed E-state index contributed by atoms with van der Waals surface area (Å²) in [6, 6.07) is 8.06. The molecule has 7 heteroatoms. The second-order valence-corrected chi connectivity index (χ2v) is 8.80. The molecule has 3 aromatic heterocycles. The maximum atomic E-state index is 6.20. The number of likely N-dealkylation sites (tertiary alicyclic amines) is 1. The number of hydrogen-bond donors (Lipinski definition) is 1. The van der Waals surface area contributed by atoms with Crippen molar-refractivity contribution in [2.75, 3.05) is 13.6 Å². The standard InChI is InChI=1S/C20H25N5OS/c1-13-16(9-10-25(4)20(13,2)3)26-19-8-5-15(23-24-19)18-7-6-17(27-18)14-11-21-22-12-14/h5-8,11-13,16H,9-10H2,1-4H3,(H,21,22).